The minimum atomic E-state index is -3.30. The third-order valence-electron chi connectivity index (χ3n) is 7.69. The van der Waals surface area contributed by atoms with Crippen molar-refractivity contribution < 1.29 is 17.2 Å². The molecule has 1 atom stereocenters. The van der Waals surface area contributed by atoms with Crippen molar-refractivity contribution >= 4 is 61.2 Å². The lowest BCUT2D eigenvalue weighted by atomic mass is 10.0. The highest BCUT2D eigenvalue weighted by molar-refractivity contribution is 7.88. The highest BCUT2D eigenvalue weighted by atomic mass is 35.5. The van der Waals surface area contributed by atoms with Gasteiger partial charge in [0.1, 0.15) is 17.7 Å². The van der Waals surface area contributed by atoms with Gasteiger partial charge >= 0.3 is 0 Å². The van der Waals surface area contributed by atoms with E-state index in [-0.39, 0.29) is 21.7 Å². The molecule has 0 aliphatic carbocycles. The number of anilines is 3. The first-order valence-corrected chi connectivity index (χ1v) is 16.7. The fraction of sp³-hybridized carbons (Fsp3) is 0.226. The van der Waals surface area contributed by atoms with E-state index in [1.165, 1.54) is 52.1 Å². The highest BCUT2D eigenvalue weighted by Crippen LogP contribution is 2.37. The van der Waals surface area contributed by atoms with Crippen molar-refractivity contribution in [1.82, 2.24) is 14.3 Å². The van der Waals surface area contributed by atoms with Gasteiger partial charge < -0.3 is 21.4 Å². The molecule has 0 spiro atoms. The molecule has 3 aromatic carbocycles. The summed E-state index contributed by atoms with van der Waals surface area (Å²) >= 11 is 12.7. The van der Waals surface area contributed by atoms with Gasteiger partial charge in [0.15, 0.2) is 0 Å². The molecule has 46 heavy (non-hydrogen) atoms. The van der Waals surface area contributed by atoms with Gasteiger partial charge in [0.2, 0.25) is 10.0 Å². The predicted octanol–water partition coefficient (Wildman–Crippen LogP) is 5.99. The maximum absolute atomic E-state index is 13.9. The summed E-state index contributed by atoms with van der Waals surface area (Å²) in [7, 11) is -3.30. The summed E-state index contributed by atoms with van der Waals surface area (Å²) in [6.07, 6.45) is 5.15. The Labute approximate surface area is 275 Å². The van der Waals surface area contributed by atoms with Crippen LogP contribution in [0.3, 0.4) is 0 Å². The molecule has 0 amide bonds. The molecule has 10 nitrogen and oxygen atoms in total. The number of benzene rings is 3. The second-order valence-electron chi connectivity index (χ2n) is 10.9. The zero-order valence-electron chi connectivity index (χ0n) is 24.5. The maximum atomic E-state index is 13.9. The van der Waals surface area contributed by atoms with E-state index in [1.807, 2.05) is 0 Å². The number of hydrogen-bond donors (Lipinski definition) is 4. The van der Waals surface area contributed by atoms with E-state index in [0.29, 0.717) is 65.2 Å². The van der Waals surface area contributed by atoms with E-state index in [9.17, 15) is 22.5 Å². The van der Waals surface area contributed by atoms with Crippen LogP contribution in [0.4, 0.5) is 25.8 Å². The van der Waals surface area contributed by atoms with Crippen LogP contribution >= 0.6 is 23.2 Å². The van der Waals surface area contributed by atoms with E-state index in [0.717, 1.165) is 0 Å². The van der Waals surface area contributed by atoms with Crippen molar-refractivity contribution in [3.63, 3.8) is 0 Å². The van der Waals surface area contributed by atoms with Gasteiger partial charge in [-0.15, -0.1) is 0 Å². The van der Waals surface area contributed by atoms with Gasteiger partial charge in [-0.05, 0) is 60.9 Å². The molecule has 1 aromatic heterocycles. The summed E-state index contributed by atoms with van der Waals surface area (Å²) in [5.41, 5.74) is 9.44. The van der Waals surface area contributed by atoms with Crippen molar-refractivity contribution in [1.29, 1.82) is 5.26 Å². The molecule has 0 saturated carbocycles. The van der Waals surface area contributed by atoms with Gasteiger partial charge in [0, 0.05) is 48.3 Å². The third-order valence-corrected chi connectivity index (χ3v) is 9.58. The molecule has 4 aromatic rings. The van der Waals surface area contributed by atoms with Crippen LogP contribution in [0.1, 0.15) is 30.0 Å². The average Bonchev–Trinajstić information content (AvgIpc) is 3.02. The monoisotopic (exact) mass is 686 g/mol. The Morgan fingerprint density at radius 3 is 2.41 bits per heavy atom. The number of piperidine rings is 1. The molecule has 1 unspecified atom stereocenters. The quantitative estimate of drug-likeness (QED) is 0.123. The van der Waals surface area contributed by atoms with Crippen LogP contribution in [-0.4, -0.2) is 48.1 Å². The van der Waals surface area contributed by atoms with Crippen molar-refractivity contribution in [2.24, 2.45) is 11.6 Å². The number of sulfonamides is 1. The number of rotatable bonds is 9. The lowest BCUT2D eigenvalue weighted by molar-refractivity contribution is 0.190. The second-order valence-corrected chi connectivity index (χ2v) is 13.7. The van der Waals surface area contributed by atoms with Crippen LogP contribution in [-0.2, 0) is 10.0 Å². The van der Waals surface area contributed by atoms with Crippen LogP contribution in [0.25, 0.3) is 10.9 Å². The zero-order valence-corrected chi connectivity index (χ0v) is 26.8. The standard InChI is InChI=1S/C31H30Cl2F2N8O2S/c1-46(44,45)42-10-8-23(9-11-42)43(38)17-28(37)30(18-2-4-20(34)5-3-18)41-22-12-24-29(40-21-6-7-27(35)25(32)13-21)19(15-36)16-39-31(24)26(33)14-22/h2-7,12-14,16-17,23,30,41H,8-11,37-38H2,1H3,(H,39,40)/b28-17-. The first-order chi connectivity index (χ1) is 21.8. The lowest BCUT2D eigenvalue weighted by Crippen LogP contribution is -2.47. The summed E-state index contributed by atoms with van der Waals surface area (Å²) < 4.78 is 53.0. The average molecular weight is 688 g/mol. The maximum Gasteiger partial charge on any atom is 0.211 e. The molecule has 2 heterocycles. The number of nitrogens with one attached hydrogen (secondary N) is 2. The summed E-state index contributed by atoms with van der Waals surface area (Å²) in [5, 5.41) is 18.5. The van der Waals surface area contributed by atoms with Crippen molar-refractivity contribution in [2.75, 3.05) is 30.0 Å². The van der Waals surface area contributed by atoms with E-state index < -0.39 is 27.7 Å². The molecule has 5 rings (SSSR count). The summed E-state index contributed by atoms with van der Waals surface area (Å²) in [4.78, 5) is 4.37. The number of halogens is 4. The van der Waals surface area contributed by atoms with Gasteiger partial charge in [-0.2, -0.15) is 5.26 Å². The third kappa shape index (κ3) is 7.43. The lowest BCUT2D eigenvalue weighted by Gasteiger charge is -2.35. The topological polar surface area (TPSA) is 153 Å². The zero-order chi connectivity index (χ0) is 33.2. The Morgan fingerprint density at radius 1 is 1.11 bits per heavy atom. The fourth-order valence-electron chi connectivity index (χ4n) is 5.29. The van der Waals surface area contributed by atoms with Gasteiger partial charge in [0.25, 0.3) is 0 Å². The fourth-order valence-corrected chi connectivity index (χ4v) is 6.61. The predicted molar refractivity (Wildman–Crippen MR) is 177 cm³/mol. The molecule has 1 saturated heterocycles. The molecule has 0 radical (unpaired) electrons. The van der Waals surface area contributed by atoms with Crippen LogP contribution < -0.4 is 22.2 Å². The minimum Gasteiger partial charge on any atom is -0.399 e. The number of nitriles is 1. The minimum absolute atomic E-state index is 0.0958. The van der Waals surface area contributed by atoms with Crippen LogP contribution in [0, 0.1) is 23.0 Å². The smallest absolute Gasteiger partial charge is 0.211 e. The Morgan fingerprint density at radius 2 is 1.78 bits per heavy atom. The largest absolute Gasteiger partial charge is 0.399 e. The number of aromatic nitrogens is 1. The summed E-state index contributed by atoms with van der Waals surface area (Å²) in [6.45, 7) is 0.665. The molecule has 15 heteroatoms. The van der Waals surface area contributed by atoms with Gasteiger partial charge in [-0.25, -0.2) is 27.3 Å². The molecular weight excluding hydrogens is 657 g/mol. The molecular formula is C31H30Cl2F2N8O2S. The number of nitrogens with two attached hydrogens (primary N) is 2. The number of hydrogen-bond acceptors (Lipinski definition) is 9. The molecule has 1 fully saturated rings. The van der Waals surface area contributed by atoms with Crippen LogP contribution in [0.15, 0.2) is 72.7 Å². The Bertz CT molecular complexity index is 1950. The highest BCUT2D eigenvalue weighted by Gasteiger charge is 2.27. The number of nitrogens with zero attached hydrogens (tertiary/aromatic N) is 4. The SMILES string of the molecule is CS(=O)(=O)N1CCC(N(N)/C=C(\N)C(Nc2cc(Cl)c3ncc(C#N)c(Nc4ccc(F)c(Cl)c4)c3c2)c2ccc(F)cc2)CC1. The Balaban J connectivity index is 1.50. The Hall–Kier alpha value is -4.19. The second kappa shape index (κ2) is 13.7. The molecule has 1 aliphatic heterocycles. The first kappa shape index (κ1) is 33.2. The van der Waals surface area contributed by atoms with Gasteiger partial charge in [-0.1, -0.05) is 35.3 Å². The normalized spacial score (nSPS) is 15.4. The molecule has 1 aliphatic rings. The van der Waals surface area contributed by atoms with Crippen LogP contribution in [0.2, 0.25) is 10.0 Å². The number of fused-ring (bicyclic) bond motifs is 1. The van der Waals surface area contributed by atoms with Gasteiger partial charge in [-0.3, -0.25) is 4.98 Å². The van der Waals surface area contributed by atoms with Crippen molar-refractivity contribution in [2.45, 2.75) is 24.9 Å². The van der Waals surface area contributed by atoms with Crippen molar-refractivity contribution in [3.8, 4) is 6.07 Å². The molecule has 6 N–H and O–H groups in total. The summed E-state index contributed by atoms with van der Waals surface area (Å²) in [5.74, 6) is 5.39. The van der Waals surface area contributed by atoms with E-state index >= 15 is 0 Å². The van der Waals surface area contributed by atoms with Gasteiger partial charge in [0.05, 0.1) is 44.8 Å². The van der Waals surface area contributed by atoms with E-state index in [2.05, 4.69) is 21.7 Å². The van der Waals surface area contributed by atoms with Crippen LogP contribution in [0.5, 0.6) is 0 Å². The Kier molecular flexibility index (Phi) is 9.85. The molecule has 240 valence electrons. The number of pyridine rings is 1. The first-order valence-electron chi connectivity index (χ1n) is 14.1. The van der Waals surface area contributed by atoms with E-state index in [1.54, 1.807) is 30.5 Å². The van der Waals surface area contributed by atoms with Crippen molar-refractivity contribution in [3.05, 3.63) is 105 Å². The van der Waals surface area contributed by atoms with E-state index in [4.69, 9.17) is 34.8 Å². The summed E-state index contributed by atoms with van der Waals surface area (Å²) in [6, 6.07) is 14.5. The number of hydrazine groups is 1. The molecule has 0 bridgehead atoms.